The Balaban J connectivity index is 1.39. The molecule has 4 rings (SSSR count). The van der Waals surface area contributed by atoms with Gasteiger partial charge in [-0.1, -0.05) is 25.1 Å². The summed E-state index contributed by atoms with van der Waals surface area (Å²) in [5, 5.41) is 3.00. The predicted molar refractivity (Wildman–Crippen MR) is 119 cm³/mol. The fourth-order valence-electron chi connectivity index (χ4n) is 4.49. The molecule has 160 valence electrons. The van der Waals surface area contributed by atoms with Gasteiger partial charge in [0.25, 0.3) is 0 Å². The number of benzene rings is 2. The van der Waals surface area contributed by atoms with Crippen molar-refractivity contribution in [3.05, 3.63) is 59.2 Å². The number of sulfonamides is 1. The van der Waals surface area contributed by atoms with Gasteiger partial charge in [0.2, 0.25) is 15.9 Å². The Morgan fingerprint density at radius 3 is 2.50 bits per heavy atom. The lowest BCUT2D eigenvalue weighted by molar-refractivity contribution is -0.120. The van der Waals surface area contributed by atoms with E-state index in [1.165, 1.54) is 23.1 Å². The molecule has 5 nitrogen and oxygen atoms in total. The van der Waals surface area contributed by atoms with E-state index in [1.807, 2.05) is 36.4 Å². The zero-order valence-corrected chi connectivity index (χ0v) is 18.4. The van der Waals surface area contributed by atoms with Gasteiger partial charge in [-0.15, -0.1) is 0 Å². The smallest absolute Gasteiger partial charge is 0.243 e. The van der Waals surface area contributed by atoms with E-state index >= 15 is 0 Å². The third kappa shape index (κ3) is 4.44. The first-order valence-electron chi connectivity index (χ1n) is 11.0. The monoisotopic (exact) mass is 426 g/mol. The first-order chi connectivity index (χ1) is 14.5. The second-order valence-corrected chi connectivity index (χ2v) is 10.3. The number of hydrogen-bond donors (Lipinski definition) is 1. The van der Waals surface area contributed by atoms with Crippen LogP contribution in [0.4, 0.5) is 5.69 Å². The topological polar surface area (TPSA) is 66.5 Å². The van der Waals surface area contributed by atoms with Gasteiger partial charge in [0.15, 0.2) is 0 Å². The maximum absolute atomic E-state index is 13.1. The second kappa shape index (κ2) is 8.90. The molecule has 1 aliphatic carbocycles. The summed E-state index contributed by atoms with van der Waals surface area (Å²) in [6.45, 7) is 2.85. The number of rotatable bonds is 5. The number of nitrogens with zero attached hydrogens (tertiary/aromatic N) is 1. The molecule has 0 aromatic heterocycles. The molecule has 6 heteroatoms. The van der Waals surface area contributed by atoms with Gasteiger partial charge in [0.05, 0.1) is 4.90 Å². The largest absolute Gasteiger partial charge is 0.326 e. The molecule has 1 fully saturated rings. The Labute approximate surface area is 179 Å². The van der Waals surface area contributed by atoms with E-state index in [0.717, 1.165) is 31.4 Å². The first-order valence-corrected chi connectivity index (χ1v) is 12.4. The molecule has 0 saturated carbocycles. The molecule has 0 spiro atoms. The molecule has 30 heavy (non-hydrogen) atoms. The number of carbonyl (C=O) groups is 1. The van der Waals surface area contributed by atoms with Crippen molar-refractivity contribution in [2.75, 3.05) is 18.4 Å². The van der Waals surface area contributed by atoms with E-state index in [2.05, 4.69) is 12.2 Å². The quantitative estimate of drug-likeness (QED) is 0.780. The van der Waals surface area contributed by atoms with Crippen molar-refractivity contribution in [3.8, 4) is 0 Å². The molecule has 0 unspecified atom stereocenters. The number of hydrogen-bond acceptors (Lipinski definition) is 3. The highest BCUT2D eigenvalue weighted by atomic mass is 32.2. The summed E-state index contributed by atoms with van der Waals surface area (Å²) in [4.78, 5) is 13.1. The average Bonchev–Trinajstić information content (AvgIpc) is 2.79. The Hall–Kier alpha value is -2.18. The summed E-state index contributed by atoms with van der Waals surface area (Å²) in [6.07, 6.45) is 6.31. The highest BCUT2D eigenvalue weighted by Gasteiger charge is 2.32. The van der Waals surface area contributed by atoms with Crippen molar-refractivity contribution in [3.63, 3.8) is 0 Å². The Kier molecular flexibility index (Phi) is 6.25. The van der Waals surface area contributed by atoms with Crippen molar-refractivity contribution in [1.29, 1.82) is 0 Å². The van der Waals surface area contributed by atoms with Crippen molar-refractivity contribution in [2.24, 2.45) is 5.92 Å². The maximum Gasteiger partial charge on any atom is 0.243 e. The molecular weight excluding hydrogens is 396 g/mol. The Bertz CT molecular complexity index is 1020. The van der Waals surface area contributed by atoms with Crippen LogP contribution < -0.4 is 5.32 Å². The van der Waals surface area contributed by atoms with E-state index < -0.39 is 10.0 Å². The molecule has 2 aromatic rings. The van der Waals surface area contributed by atoms with Crippen LogP contribution in [-0.2, 0) is 34.1 Å². The number of piperidine rings is 1. The number of carbonyl (C=O) groups excluding carboxylic acids is 1. The summed E-state index contributed by atoms with van der Waals surface area (Å²) in [5.41, 5.74) is 4.44. The van der Waals surface area contributed by atoms with Crippen molar-refractivity contribution in [2.45, 2.75) is 56.8 Å². The molecule has 1 N–H and O–H groups in total. The van der Waals surface area contributed by atoms with Crippen LogP contribution in [-0.4, -0.2) is 31.7 Å². The molecule has 0 bridgehead atoms. The van der Waals surface area contributed by atoms with Crippen LogP contribution in [0.15, 0.2) is 47.4 Å². The summed E-state index contributed by atoms with van der Waals surface area (Å²) in [5.74, 6) is -0.181. The third-order valence-corrected chi connectivity index (χ3v) is 8.28. The summed E-state index contributed by atoms with van der Waals surface area (Å²) >= 11 is 0. The lowest BCUT2D eigenvalue weighted by Gasteiger charge is -2.31. The van der Waals surface area contributed by atoms with Gasteiger partial charge < -0.3 is 5.32 Å². The number of fused-ring (bicyclic) bond motifs is 1. The lowest BCUT2D eigenvalue weighted by Crippen LogP contribution is -2.41. The summed E-state index contributed by atoms with van der Waals surface area (Å²) in [6, 6.07) is 13.5. The Morgan fingerprint density at radius 2 is 1.77 bits per heavy atom. The van der Waals surface area contributed by atoms with Gasteiger partial charge in [-0.2, -0.15) is 4.31 Å². The summed E-state index contributed by atoms with van der Waals surface area (Å²) in [7, 11) is -3.51. The maximum atomic E-state index is 13.1. The van der Waals surface area contributed by atoms with Gasteiger partial charge in [-0.05, 0) is 85.9 Å². The van der Waals surface area contributed by atoms with E-state index in [9.17, 15) is 13.2 Å². The minimum absolute atomic E-state index is 0.0194. The van der Waals surface area contributed by atoms with Crippen LogP contribution in [0.2, 0.25) is 0 Å². The highest BCUT2D eigenvalue weighted by Crippen LogP contribution is 2.28. The number of nitrogens with one attached hydrogen (secondary N) is 1. The zero-order valence-electron chi connectivity index (χ0n) is 17.6. The van der Waals surface area contributed by atoms with Gasteiger partial charge in [-0.3, -0.25) is 4.79 Å². The minimum Gasteiger partial charge on any atom is -0.326 e. The molecule has 0 radical (unpaired) electrons. The molecule has 2 aromatic carbocycles. The molecular formula is C24H30N2O3S. The van der Waals surface area contributed by atoms with E-state index in [0.29, 0.717) is 30.8 Å². The van der Waals surface area contributed by atoms with Crippen molar-refractivity contribution < 1.29 is 13.2 Å². The van der Waals surface area contributed by atoms with Gasteiger partial charge in [0, 0.05) is 24.7 Å². The molecule has 1 amide bonds. The standard InChI is InChI=1S/C24H30N2O3S/c1-2-18-6-5-9-22(16-18)25-24(27)20-12-14-26(15-13-20)30(28,29)23-11-10-19-7-3-4-8-21(19)17-23/h5-6,9-11,16-17,20H,2-4,7-8,12-15H2,1H3,(H,25,27). The number of aryl methyl sites for hydroxylation is 3. The average molecular weight is 427 g/mol. The first kappa shape index (κ1) is 21.1. The van der Waals surface area contributed by atoms with Crippen molar-refractivity contribution in [1.82, 2.24) is 4.31 Å². The van der Waals surface area contributed by atoms with Crippen LogP contribution in [0.5, 0.6) is 0 Å². The third-order valence-electron chi connectivity index (χ3n) is 6.39. The fraction of sp³-hybridized carbons (Fsp3) is 0.458. The van der Waals surface area contributed by atoms with Gasteiger partial charge >= 0.3 is 0 Å². The van der Waals surface area contributed by atoms with Crippen LogP contribution in [0, 0.1) is 5.92 Å². The van der Waals surface area contributed by atoms with E-state index in [4.69, 9.17) is 0 Å². The van der Waals surface area contributed by atoms with E-state index in [1.54, 1.807) is 10.4 Å². The molecule has 0 atom stereocenters. The second-order valence-electron chi connectivity index (χ2n) is 8.36. The SMILES string of the molecule is CCc1cccc(NC(=O)C2CCN(S(=O)(=O)c3ccc4c(c3)CCCC4)CC2)c1. The molecule has 2 aliphatic rings. The van der Waals surface area contributed by atoms with E-state index in [-0.39, 0.29) is 11.8 Å². The molecule has 1 heterocycles. The van der Waals surface area contributed by atoms with Gasteiger partial charge in [-0.25, -0.2) is 8.42 Å². The lowest BCUT2D eigenvalue weighted by atomic mass is 9.92. The van der Waals surface area contributed by atoms with Crippen LogP contribution in [0.1, 0.15) is 49.3 Å². The number of anilines is 1. The van der Waals surface area contributed by atoms with Crippen LogP contribution in [0.3, 0.4) is 0 Å². The van der Waals surface area contributed by atoms with Crippen molar-refractivity contribution >= 4 is 21.6 Å². The van der Waals surface area contributed by atoms with Crippen LogP contribution in [0.25, 0.3) is 0 Å². The Morgan fingerprint density at radius 1 is 1.03 bits per heavy atom. The number of amides is 1. The minimum atomic E-state index is -3.51. The molecule has 1 saturated heterocycles. The zero-order chi connectivity index (χ0) is 21.1. The predicted octanol–water partition coefficient (Wildman–Crippen LogP) is 4.17. The normalized spacial score (nSPS) is 18.0. The van der Waals surface area contributed by atoms with Crippen LogP contribution >= 0.6 is 0 Å². The fourth-order valence-corrected chi connectivity index (χ4v) is 6.01. The highest BCUT2D eigenvalue weighted by molar-refractivity contribution is 7.89. The molecule has 1 aliphatic heterocycles. The van der Waals surface area contributed by atoms with Gasteiger partial charge in [0.1, 0.15) is 0 Å². The summed E-state index contributed by atoms with van der Waals surface area (Å²) < 4.78 is 27.8.